The van der Waals surface area contributed by atoms with Gasteiger partial charge in [-0.05, 0) is 20.3 Å². The number of nitrogens with zero attached hydrogens (tertiary/aromatic N) is 1. The van der Waals surface area contributed by atoms with Crippen molar-refractivity contribution in [2.75, 3.05) is 19.7 Å². The van der Waals surface area contributed by atoms with E-state index in [0.717, 1.165) is 19.7 Å². The van der Waals surface area contributed by atoms with E-state index in [0.29, 0.717) is 12.1 Å². The van der Waals surface area contributed by atoms with Gasteiger partial charge in [0.05, 0.1) is 12.7 Å². The molecule has 2 aliphatic rings. The molecule has 2 unspecified atom stereocenters. The van der Waals surface area contributed by atoms with Crippen LogP contribution < -0.4 is 5.73 Å². The number of rotatable bonds is 2. The summed E-state index contributed by atoms with van der Waals surface area (Å²) in [4.78, 5) is 2.50. The van der Waals surface area contributed by atoms with E-state index in [4.69, 9.17) is 10.5 Å². The Morgan fingerprint density at radius 1 is 1.58 bits per heavy atom. The molecule has 70 valence electrons. The molecule has 2 saturated heterocycles. The monoisotopic (exact) mass is 170 g/mol. The first-order chi connectivity index (χ1) is 5.63. The van der Waals surface area contributed by atoms with E-state index in [9.17, 15) is 0 Å². The van der Waals surface area contributed by atoms with Gasteiger partial charge in [0.25, 0.3) is 0 Å². The molecule has 0 saturated carbocycles. The second-order valence-electron chi connectivity index (χ2n) is 4.51. The first-order valence-corrected chi connectivity index (χ1v) is 4.72. The van der Waals surface area contributed by atoms with E-state index in [-0.39, 0.29) is 5.54 Å². The lowest BCUT2D eigenvalue weighted by Gasteiger charge is -2.40. The van der Waals surface area contributed by atoms with Crippen molar-refractivity contribution in [2.24, 2.45) is 5.73 Å². The molecule has 2 N–H and O–H groups in total. The van der Waals surface area contributed by atoms with E-state index in [1.165, 1.54) is 6.42 Å². The number of hydrogen-bond acceptors (Lipinski definition) is 3. The maximum absolute atomic E-state index is 5.74. The molecule has 2 heterocycles. The molecule has 2 aliphatic heterocycles. The highest BCUT2D eigenvalue weighted by molar-refractivity contribution is 4.98. The van der Waals surface area contributed by atoms with Gasteiger partial charge in [-0.25, -0.2) is 0 Å². The number of ether oxygens (including phenoxy) is 1. The van der Waals surface area contributed by atoms with Crippen LogP contribution in [0.15, 0.2) is 0 Å². The molecule has 0 aromatic carbocycles. The Morgan fingerprint density at radius 2 is 2.33 bits per heavy atom. The molecule has 2 rings (SSSR count). The molecular weight excluding hydrogens is 152 g/mol. The van der Waals surface area contributed by atoms with E-state index in [1.54, 1.807) is 0 Å². The quantitative estimate of drug-likeness (QED) is 0.643. The van der Waals surface area contributed by atoms with Crippen molar-refractivity contribution in [3.8, 4) is 0 Å². The summed E-state index contributed by atoms with van der Waals surface area (Å²) < 4.78 is 5.54. The van der Waals surface area contributed by atoms with Crippen molar-refractivity contribution in [1.29, 1.82) is 0 Å². The Morgan fingerprint density at radius 3 is 2.75 bits per heavy atom. The minimum Gasteiger partial charge on any atom is -0.375 e. The molecule has 2 fully saturated rings. The molecule has 0 aliphatic carbocycles. The van der Waals surface area contributed by atoms with Crippen molar-refractivity contribution >= 4 is 0 Å². The third-order valence-corrected chi connectivity index (χ3v) is 3.18. The second-order valence-corrected chi connectivity index (χ2v) is 4.51. The van der Waals surface area contributed by atoms with Crippen molar-refractivity contribution in [2.45, 2.75) is 38.0 Å². The summed E-state index contributed by atoms with van der Waals surface area (Å²) >= 11 is 0. The molecule has 0 aromatic rings. The third kappa shape index (κ3) is 1.16. The van der Waals surface area contributed by atoms with Gasteiger partial charge < -0.3 is 10.5 Å². The molecule has 0 amide bonds. The zero-order chi connectivity index (χ0) is 8.77. The summed E-state index contributed by atoms with van der Waals surface area (Å²) in [7, 11) is 0. The van der Waals surface area contributed by atoms with Gasteiger partial charge in [0, 0.05) is 24.7 Å². The summed E-state index contributed by atoms with van der Waals surface area (Å²) in [5.41, 5.74) is 5.89. The van der Waals surface area contributed by atoms with E-state index in [1.807, 2.05) is 0 Å². The summed E-state index contributed by atoms with van der Waals surface area (Å²) in [6, 6.07) is 0.633. The van der Waals surface area contributed by atoms with Crippen molar-refractivity contribution < 1.29 is 4.74 Å². The Hall–Kier alpha value is -0.120. The maximum Gasteiger partial charge on any atom is 0.0718 e. The lowest BCUT2D eigenvalue weighted by atomic mass is 10.0. The van der Waals surface area contributed by atoms with Crippen LogP contribution in [0.5, 0.6) is 0 Å². The smallest absolute Gasteiger partial charge is 0.0718 e. The standard InChI is InChI=1S/C9H18N2O/c1-9(2,6-10)11-4-8-3-7(11)5-12-8/h7-8H,3-6,10H2,1-2H3. The van der Waals surface area contributed by atoms with Gasteiger partial charge in [-0.3, -0.25) is 4.90 Å². The Kier molecular flexibility index (Phi) is 1.90. The van der Waals surface area contributed by atoms with Gasteiger partial charge >= 0.3 is 0 Å². The number of hydrogen-bond donors (Lipinski definition) is 1. The summed E-state index contributed by atoms with van der Waals surface area (Å²) in [5, 5.41) is 0. The Bertz CT molecular complexity index is 181. The van der Waals surface area contributed by atoms with Gasteiger partial charge in [-0.1, -0.05) is 0 Å². The van der Waals surface area contributed by atoms with Crippen molar-refractivity contribution in [3.05, 3.63) is 0 Å². The van der Waals surface area contributed by atoms with Crippen molar-refractivity contribution in [1.82, 2.24) is 4.90 Å². The van der Waals surface area contributed by atoms with E-state index >= 15 is 0 Å². The molecule has 0 spiro atoms. The maximum atomic E-state index is 5.74. The van der Waals surface area contributed by atoms with Gasteiger partial charge in [0.1, 0.15) is 0 Å². The predicted molar refractivity (Wildman–Crippen MR) is 48.0 cm³/mol. The Labute approximate surface area is 73.9 Å². The average Bonchev–Trinajstić information content (AvgIpc) is 2.64. The van der Waals surface area contributed by atoms with Gasteiger partial charge in [-0.2, -0.15) is 0 Å². The second kappa shape index (κ2) is 2.69. The van der Waals surface area contributed by atoms with Gasteiger partial charge in [-0.15, -0.1) is 0 Å². The van der Waals surface area contributed by atoms with Crippen LogP contribution in [-0.2, 0) is 4.74 Å². The SMILES string of the molecule is CC(C)(CN)N1CC2CC1CO2. The highest BCUT2D eigenvalue weighted by Crippen LogP contribution is 2.32. The van der Waals surface area contributed by atoms with Crippen LogP contribution in [0.25, 0.3) is 0 Å². The fourth-order valence-corrected chi connectivity index (χ4v) is 2.26. The number of nitrogens with two attached hydrogens (primary N) is 1. The van der Waals surface area contributed by atoms with Crippen LogP contribution in [0.1, 0.15) is 20.3 Å². The van der Waals surface area contributed by atoms with Crippen LogP contribution >= 0.6 is 0 Å². The normalized spacial score (nSPS) is 36.2. The van der Waals surface area contributed by atoms with Crippen LogP contribution in [0.3, 0.4) is 0 Å². The Balaban J connectivity index is 2.06. The van der Waals surface area contributed by atoms with E-state index < -0.39 is 0 Å². The van der Waals surface area contributed by atoms with Crippen LogP contribution in [0.4, 0.5) is 0 Å². The molecule has 0 radical (unpaired) electrons. The highest BCUT2D eigenvalue weighted by Gasteiger charge is 2.44. The zero-order valence-electron chi connectivity index (χ0n) is 7.92. The molecule has 3 nitrogen and oxygen atoms in total. The predicted octanol–water partition coefficient (Wildman–Crippen LogP) is 0.197. The number of morpholine rings is 1. The molecular formula is C9H18N2O. The molecule has 2 bridgehead atoms. The van der Waals surface area contributed by atoms with Crippen LogP contribution in [0, 0.1) is 0 Å². The number of likely N-dealkylation sites (tertiary alicyclic amines) is 1. The summed E-state index contributed by atoms with van der Waals surface area (Å²) in [6.07, 6.45) is 1.70. The third-order valence-electron chi connectivity index (χ3n) is 3.18. The topological polar surface area (TPSA) is 38.5 Å². The largest absolute Gasteiger partial charge is 0.375 e. The lowest BCUT2D eigenvalue weighted by molar-refractivity contribution is -0.0110. The molecule has 3 heteroatoms. The summed E-state index contributed by atoms with van der Waals surface area (Å²) in [6.45, 7) is 7.15. The van der Waals surface area contributed by atoms with Crippen molar-refractivity contribution in [3.63, 3.8) is 0 Å². The minimum absolute atomic E-state index is 0.156. The average molecular weight is 170 g/mol. The first kappa shape index (κ1) is 8.48. The van der Waals surface area contributed by atoms with Crippen LogP contribution in [0.2, 0.25) is 0 Å². The first-order valence-electron chi connectivity index (χ1n) is 4.72. The fraction of sp³-hybridized carbons (Fsp3) is 1.00. The fourth-order valence-electron chi connectivity index (χ4n) is 2.26. The summed E-state index contributed by atoms with van der Waals surface area (Å²) in [5.74, 6) is 0. The zero-order valence-corrected chi connectivity index (χ0v) is 7.92. The highest BCUT2D eigenvalue weighted by atomic mass is 16.5. The number of fused-ring (bicyclic) bond motifs is 2. The van der Waals surface area contributed by atoms with Crippen LogP contribution in [-0.4, -0.2) is 42.3 Å². The van der Waals surface area contributed by atoms with Gasteiger partial charge in [0.2, 0.25) is 0 Å². The molecule has 12 heavy (non-hydrogen) atoms. The minimum atomic E-state index is 0.156. The molecule has 0 aromatic heterocycles. The van der Waals surface area contributed by atoms with E-state index in [2.05, 4.69) is 18.7 Å². The lowest BCUT2D eigenvalue weighted by Crippen LogP contribution is -2.54. The molecule has 2 atom stereocenters. The van der Waals surface area contributed by atoms with Gasteiger partial charge in [0.15, 0.2) is 0 Å².